The number of hydrogen-bond donors (Lipinski definition) is 1. The summed E-state index contributed by atoms with van der Waals surface area (Å²) in [4.78, 5) is 12.5. The zero-order valence-corrected chi connectivity index (χ0v) is 22.0. The number of nitrogens with one attached hydrogen (secondary N) is 1. The van der Waals surface area contributed by atoms with Gasteiger partial charge in [0.2, 0.25) is 10.0 Å². The van der Waals surface area contributed by atoms with Crippen LogP contribution in [0.15, 0.2) is 47.6 Å². The van der Waals surface area contributed by atoms with Crippen molar-refractivity contribution in [3.05, 3.63) is 80.0 Å². The van der Waals surface area contributed by atoms with Crippen LogP contribution in [0.25, 0.3) is 5.69 Å². The Morgan fingerprint density at radius 1 is 1.06 bits per heavy atom. The molecular weight excluding hydrogens is 519 g/mol. The summed E-state index contributed by atoms with van der Waals surface area (Å²) in [5.41, 5.74) is 6.76. The number of hydrogen-bond acceptors (Lipinski definition) is 4. The molecule has 0 saturated heterocycles. The third-order valence-corrected chi connectivity index (χ3v) is 7.23. The molecule has 3 aromatic rings. The molecule has 11 heteroatoms. The Labute approximate surface area is 214 Å². The van der Waals surface area contributed by atoms with E-state index in [-0.39, 0.29) is 0 Å². The number of carbonyl (C=O) groups excluding carboxylic acids is 1. The van der Waals surface area contributed by atoms with Gasteiger partial charge in [-0.1, -0.05) is 40.9 Å². The summed E-state index contributed by atoms with van der Waals surface area (Å²) in [7, 11) is -3.73. The van der Waals surface area contributed by atoms with E-state index >= 15 is 0 Å². The van der Waals surface area contributed by atoms with Crippen LogP contribution in [0.5, 0.6) is 0 Å². The maximum Gasteiger partial charge on any atom is 0.260 e. The molecule has 1 aromatic heterocycles. The molecule has 0 bridgehead atoms. The van der Waals surface area contributed by atoms with Gasteiger partial charge in [-0.2, -0.15) is 5.10 Å². The average Bonchev–Trinajstić information content (AvgIpc) is 3.01. The summed E-state index contributed by atoms with van der Waals surface area (Å²) in [5.74, 6) is -0.604. The molecule has 1 N–H and O–H groups in total. The van der Waals surface area contributed by atoms with Gasteiger partial charge >= 0.3 is 0 Å². The van der Waals surface area contributed by atoms with E-state index in [1.54, 1.807) is 31.2 Å². The fourth-order valence-corrected chi connectivity index (χ4v) is 4.94. The molecule has 180 valence electrons. The van der Waals surface area contributed by atoms with Crippen LogP contribution >= 0.6 is 34.8 Å². The smallest absolute Gasteiger partial charge is 0.260 e. The molecule has 1 heterocycles. The molecule has 2 aromatic carbocycles. The molecule has 3 rings (SSSR count). The first kappa shape index (κ1) is 26.1. The zero-order chi connectivity index (χ0) is 25.2. The van der Waals surface area contributed by atoms with Gasteiger partial charge in [0.1, 0.15) is 6.54 Å². The highest BCUT2D eigenvalue weighted by molar-refractivity contribution is 7.92. The molecular formula is C23H23Cl3N4O3S. The lowest BCUT2D eigenvalue weighted by Gasteiger charge is -2.21. The van der Waals surface area contributed by atoms with Crippen LogP contribution in [0.2, 0.25) is 15.1 Å². The van der Waals surface area contributed by atoms with E-state index in [1.807, 2.05) is 30.5 Å². The van der Waals surface area contributed by atoms with Gasteiger partial charge < -0.3 is 4.57 Å². The average molecular weight is 542 g/mol. The van der Waals surface area contributed by atoms with E-state index in [9.17, 15) is 13.2 Å². The molecule has 1 amide bonds. The van der Waals surface area contributed by atoms with Crippen molar-refractivity contribution in [3.8, 4) is 5.69 Å². The second-order valence-corrected chi connectivity index (χ2v) is 10.9. The Bertz CT molecular complexity index is 1380. The van der Waals surface area contributed by atoms with Gasteiger partial charge in [0, 0.05) is 27.0 Å². The third kappa shape index (κ3) is 5.93. The fraction of sp³-hybridized carbons (Fsp3) is 0.217. The SMILES string of the molecule is Cc1ccc(N(CC(=O)N/N=C\c2cc(C)n(-c3ccc(Cl)cc3Cl)c2C)S(C)(=O)=O)cc1Cl. The molecule has 0 aliphatic rings. The van der Waals surface area contributed by atoms with Crippen molar-refractivity contribution >= 4 is 62.6 Å². The summed E-state index contributed by atoms with van der Waals surface area (Å²) in [5, 5.41) is 5.45. The van der Waals surface area contributed by atoms with E-state index < -0.39 is 22.5 Å². The number of rotatable bonds is 7. The van der Waals surface area contributed by atoms with Crippen LogP contribution in [-0.4, -0.2) is 37.9 Å². The first-order valence-electron chi connectivity index (χ1n) is 10.1. The van der Waals surface area contributed by atoms with Crippen molar-refractivity contribution < 1.29 is 13.2 Å². The predicted octanol–water partition coefficient (Wildman–Crippen LogP) is 5.28. The molecule has 34 heavy (non-hydrogen) atoms. The van der Waals surface area contributed by atoms with Gasteiger partial charge in [-0.25, -0.2) is 13.8 Å². The molecule has 0 radical (unpaired) electrons. The van der Waals surface area contributed by atoms with E-state index in [2.05, 4.69) is 10.5 Å². The monoisotopic (exact) mass is 540 g/mol. The quantitative estimate of drug-likeness (QED) is 0.326. The summed E-state index contributed by atoms with van der Waals surface area (Å²) < 4.78 is 27.5. The Morgan fingerprint density at radius 2 is 1.76 bits per heavy atom. The van der Waals surface area contributed by atoms with Crippen LogP contribution in [0.1, 0.15) is 22.5 Å². The first-order valence-corrected chi connectivity index (χ1v) is 13.1. The lowest BCUT2D eigenvalue weighted by atomic mass is 10.2. The largest absolute Gasteiger partial charge is 0.316 e. The van der Waals surface area contributed by atoms with Crippen molar-refractivity contribution in [2.45, 2.75) is 20.8 Å². The van der Waals surface area contributed by atoms with Gasteiger partial charge in [0.15, 0.2) is 0 Å². The van der Waals surface area contributed by atoms with Gasteiger partial charge in [-0.3, -0.25) is 9.10 Å². The summed E-state index contributed by atoms with van der Waals surface area (Å²) in [6, 6.07) is 11.9. The van der Waals surface area contributed by atoms with E-state index in [0.29, 0.717) is 20.8 Å². The molecule has 0 aliphatic heterocycles. The minimum Gasteiger partial charge on any atom is -0.316 e. The third-order valence-electron chi connectivity index (χ3n) is 5.14. The standard InChI is InChI=1S/C23H23Cl3N4O3S/c1-14-5-7-19(11-20(14)25)29(34(4,32)33)13-23(31)28-27-12-17-9-15(2)30(16(17)3)22-8-6-18(24)10-21(22)26/h5-12H,13H2,1-4H3,(H,28,31)/b27-12-. The Morgan fingerprint density at radius 3 is 2.38 bits per heavy atom. The van der Waals surface area contributed by atoms with Gasteiger partial charge in [0.25, 0.3) is 5.91 Å². The number of anilines is 1. The Hall–Kier alpha value is -2.52. The highest BCUT2D eigenvalue weighted by Crippen LogP contribution is 2.28. The maximum absolute atomic E-state index is 12.5. The first-order chi connectivity index (χ1) is 15.9. The lowest BCUT2D eigenvalue weighted by molar-refractivity contribution is -0.119. The number of carbonyl (C=O) groups is 1. The van der Waals surface area contributed by atoms with Crippen LogP contribution in [0.3, 0.4) is 0 Å². The summed E-state index contributed by atoms with van der Waals surface area (Å²) in [6.07, 6.45) is 2.52. The number of aromatic nitrogens is 1. The van der Waals surface area contributed by atoms with Crippen molar-refractivity contribution in [3.63, 3.8) is 0 Å². The van der Waals surface area contributed by atoms with Crippen LogP contribution < -0.4 is 9.73 Å². The minimum atomic E-state index is -3.73. The van der Waals surface area contributed by atoms with Crippen molar-refractivity contribution in [1.29, 1.82) is 0 Å². The molecule has 0 spiro atoms. The number of benzene rings is 2. The van der Waals surface area contributed by atoms with Crippen molar-refractivity contribution in [2.75, 3.05) is 17.1 Å². The number of halogens is 3. The number of nitrogens with zero attached hydrogens (tertiary/aromatic N) is 3. The van der Waals surface area contributed by atoms with Gasteiger partial charge in [-0.15, -0.1) is 0 Å². The lowest BCUT2D eigenvalue weighted by Crippen LogP contribution is -2.39. The summed E-state index contributed by atoms with van der Waals surface area (Å²) >= 11 is 18.5. The van der Waals surface area contributed by atoms with E-state index in [0.717, 1.165) is 38.8 Å². The molecule has 0 fully saturated rings. The number of amides is 1. The molecule has 7 nitrogen and oxygen atoms in total. The van der Waals surface area contributed by atoms with Gasteiger partial charge in [-0.05, 0) is 62.7 Å². The van der Waals surface area contributed by atoms with Gasteiger partial charge in [0.05, 0.1) is 28.9 Å². The molecule has 0 saturated carbocycles. The predicted molar refractivity (Wildman–Crippen MR) is 139 cm³/mol. The fourth-order valence-electron chi connectivity index (χ4n) is 3.43. The highest BCUT2D eigenvalue weighted by atomic mass is 35.5. The van der Waals surface area contributed by atoms with Crippen LogP contribution in [0.4, 0.5) is 5.69 Å². The number of hydrazone groups is 1. The number of aryl methyl sites for hydroxylation is 2. The van der Waals surface area contributed by atoms with Crippen molar-refractivity contribution in [1.82, 2.24) is 9.99 Å². The zero-order valence-electron chi connectivity index (χ0n) is 18.9. The van der Waals surface area contributed by atoms with Crippen LogP contribution in [0, 0.1) is 20.8 Å². The summed E-state index contributed by atoms with van der Waals surface area (Å²) in [6.45, 7) is 5.17. The highest BCUT2D eigenvalue weighted by Gasteiger charge is 2.21. The molecule has 0 atom stereocenters. The normalized spacial score (nSPS) is 11.7. The topological polar surface area (TPSA) is 83.8 Å². The minimum absolute atomic E-state index is 0.292. The Balaban J connectivity index is 1.77. The molecule has 0 unspecified atom stereocenters. The van der Waals surface area contributed by atoms with E-state index in [1.165, 1.54) is 12.3 Å². The van der Waals surface area contributed by atoms with Crippen LogP contribution in [-0.2, 0) is 14.8 Å². The van der Waals surface area contributed by atoms with E-state index in [4.69, 9.17) is 34.8 Å². The Kier molecular flexibility index (Phi) is 7.98. The maximum atomic E-state index is 12.5. The molecule has 0 aliphatic carbocycles. The second kappa shape index (κ2) is 10.4. The number of sulfonamides is 1. The second-order valence-electron chi connectivity index (χ2n) is 7.75. The van der Waals surface area contributed by atoms with Crippen molar-refractivity contribution in [2.24, 2.45) is 5.10 Å².